The van der Waals surface area contributed by atoms with Gasteiger partial charge in [0.15, 0.2) is 18.5 Å². The van der Waals surface area contributed by atoms with Gasteiger partial charge < -0.3 is 4.74 Å². The molecule has 0 aliphatic heterocycles. The fourth-order valence-electron chi connectivity index (χ4n) is 0.589. The van der Waals surface area contributed by atoms with Gasteiger partial charge in [-0.05, 0) is 0 Å². The molecule has 1 nitrogen and oxygen atoms in total. The van der Waals surface area contributed by atoms with Crippen LogP contribution in [0.2, 0.25) is 0 Å². The summed E-state index contributed by atoms with van der Waals surface area (Å²) in [7, 11) is 0.708. The van der Waals surface area contributed by atoms with E-state index in [1.807, 2.05) is 0 Å². The summed E-state index contributed by atoms with van der Waals surface area (Å²) in [6.07, 6.45) is -16.0. The minimum atomic E-state index is -3.68. The molecule has 0 rings (SSSR count). The molecule has 4 atom stereocenters. The molecule has 0 saturated carbocycles. The molecule has 0 aliphatic carbocycles. The van der Waals surface area contributed by atoms with Crippen LogP contribution in [0.15, 0.2) is 0 Å². The number of ether oxygens (including phenoxy) is 1. The first-order valence-electron chi connectivity index (χ1n) is 3.29. The van der Waals surface area contributed by atoms with Gasteiger partial charge >= 0.3 is 0 Å². The number of hydrogen-bond donors (Lipinski definition) is 0. The van der Waals surface area contributed by atoms with Crippen molar-refractivity contribution in [3.63, 3.8) is 0 Å². The zero-order valence-electron chi connectivity index (χ0n) is 6.56. The van der Waals surface area contributed by atoms with Crippen LogP contribution >= 0.6 is 0 Å². The van der Waals surface area contributed by atoms with E-state index < -0.39 is 31.3 Å². The Morgan fingerprint density at radius 2 is 1.23 bits per heavy atom. The number of methoxy groups -OCH3 is 1. The molecule has 0 N–H and O–H groups in total. The van der Waals surface area contributed by atoms with Gasteiger partial charge in [0.1, 0.15) is 0 Å². The van der Waals surface area contributed by atoms with Crippen LogP contribution in [0.3, 0.4) is 0 Å². The molecular weight excluding hydrogens is 202 g/mol. The molecule has 0 aromatic rings. The van der Waals surface area contributed by atoms with Gasteiger partial charge in [-0.1, -0.05) is 0 Å². The molecule has 0 aromatic carbocycles. The summed E-state index contributed by atoms with van der Waals surface area (Å²) in [5, 5.41) is 0. The van der Waals surface area contributed by atoms with Crippen molar-refractivity contribution in [3.05, 3.63) is 0 Å². The summed E-state index contributed by atoms with van der Waals surface area (Å²) in [6.45, 7) is 0. The number of rotatable bonds is 5. The third-order valence-electron chi connectivity index (χ3n) is 1.32. The van der Waals surface area contributed by atoms with Crippen LogP contribution in [0.4, 0.5) is 26.3 Å². The highest BCUT2D eigenvalue weighted by Gasteiger charge is 2.40. The van der Waals surface area contributed by atoms with Crippen molar-refractivity contribution in [2.45, 2.75) is 31.3 Å². The van der Waals surface area contributed by atoms with Gasteiger partial charge in [0.25, 0.3) is 6.43 Å². The predicted molar refractivity (Wildman–Crippen MR) is 32.6 cm³/mol. The quantitative estimate of drug-likeness (QED) is 0.632. The first kappa shape index (κ1) is 12.5. The van der Waals surface area contributed by atoms with Crippen LogP contribution < -0.4 is 0 Å². The molecule has 0 aromatic heterocycles. The van der Waals surface area contributed by atoms with Gasteiger partial charge in [0, 0.05) is 7.11 Å². The third kappa shape index (κ3) is 3.41. The van der Waals surface area contributed by atoms with Gasteiger partial charge in [-0.2, -0.15) is 0 Å². The lowest BCUT2D eigenvalue weighted by Gasteiger charge is -2.18. The van der Waals surface area contributed by atoms with E-state index in [4.69, 9.17) is 0 Å². The van der Waals surface area contributed by atoms with Gasteiger partial charge in [-0.15, -0.1) is 0 Å². The zero-order valence-corrected chi connectivity index (χ0v) is 6.56. The van der Waals surface area contributed by atoms with Crippen molar-refractivity contribution in [1.29, 1.82) is 0 Å². The molecule has 80 valence electrons. The largest absolute Gasteiger partial charge is 0.349 e. The Kier molecular flexibility index (Phi) is 5.12. The molecule has 4 unspecified atom stereocenters. The Morgan fingerprint density at radius 1 is 0.769 bits per heavy atom. The van der Waals surface area contributed by atoms with Gasteiger partial charge in [0.2, 0.25) is 6.36 Å². The molecule has 0 aliphatic rings. The Hall–Kier alpha value is -0.460. The lowest BCUT2D eigenvalue weighted by molar-refractivity contribution is -0.111. The molecule has 13 heavy (non-hydrogen) atoms. The highest BCUT2D eigenvalue weighted by atomic mass is 19.3. The predicted octanol–water partition coefficient (Wildman–Crippen LogP) is 2.21. The lowest BCUT2D eigenvalue weighted by atomic mass is 10.1. The Morgan fingerprint density at radius 3 is 1.54 bits per heavy atom. The molecule has 0 fully saturated rings. The molecule has 0 radical (unpaired) electrons. The summed E-state index contributed by atoms with van der Waals surface area (Å²) in [6, 6.07) is 0. The van der Waals surface area contributed by atoms with E-state index in [1.165, 1.54) is 0 Å². The van der Waals surface area contributed by atoms with Crippen molar-refractivity contribution in [3.8, 4) is 0 Å². The topological polar surface area (TPSA) is 9.23 Å². The SMILES string of the molecule is COC(F)C(F)C(F)C(F)C(F)F. The smallest absolute Gasteiger partial charge is 0.272 e. The monoisotopic (exact) mass is 210 g/mol. The van der Waals surface area contributed by atoms with E-state index in [0.29, 0.717) is 7.11 Å². The standard InChI is InChI=1S/C6H8F6O/c1-13-6(12)4(9)2(7)3(8)5(10)11/h2-6H,1H3. The van der Waals surface area contributed by atoms with Crippen molar-refractivity contribution < 1.29 is 31.1 Å². The summed E-state index contributed by atoms with van der Waals surface area (Å²) in [5.74, 6) is 0. The van der Waals surface area contributed by atoms with E-state index in [-0.39, 0.29) is 0 Å². The number of halogens is 6. The van der Waals surface area contributed by atoms with Crippen LogP contribution in [0.5, 0.6) is 0 Å². The second kappa shape index (κ2) is 5.31. The van der Waals surface area contributed by atoms with Crippen molar-refractivity contribution in [2.24, 2.45) is 0 Å². The fraction of sp³-hybridized carbons (Fsp3) is 1.00. The van der Waals surface area contributed by atoms with Gasteiger partial charge in [-0.25, -0.2) is 26.3 Å². The average molecular weight is 210 g/mol. The van der Waals surface area contributed by atoms with Crippen LogP contribution in [-0.2, 0) is 4.74 Å². The van der Waals surface area contributed by atoms with E-state index in [0.717, 1.165) is 0 Å². The molecule has 0 saturated heterocycles. The molecule has 0 bridgehead atoms. The van der Waals surface area contributed by atoms with Gasteiger partial charge in [-0.3, -0.25) is 0 Å². The van der Waals surface area contributed by atoms with E-state index in [2.05, 4.69) is 4.74 Å². The summed E-state index contributed by atoms with van der Waals surface area (Å²) in [5.41, 5.74) is 0. The molecule has 0 spiro atoms. The van der Waals surface area contributed by atoms with Crippen LogP contribution in [0.25, 0.3) is 0 Å². The highest BCUT2D eigenvalue weighted by molar-refractivity contribution is 4.80. The summed E-state index contributed by atoms with van der Waals surface area (Å²) < 4.78 is 75.5. The maximum Gasteiger partial charge on any atom is 0.272 e. The summed E-state index contributed by atoms with van der Waals surface area (Å²) in [4.78, 5) is 0. The minimum absolute atomic E-state index is 0.708. The third-order valence-corrected chi connectivity index (χ3v) is 1.32. The van der Waals surface area contributed by atoms with E-state index >= 15 is 0 Å². The maximum absolute atomic E-state index is 12.4. The van der Waals surface area contributed by atoms with Crippen molar-refractivity contribution in [1.82, 2.24) is 0 Å². The van der Waals surface area contributed by atoms with Gasteiger partial charge in [0.05, 0.1) is 0 Å². The Balaban J connectivity index is 4.15. The van der Waals surface area contributed by atoms with E-state index in [1.54, 1.807) is 0 Å². The zero-order chi connectivity index (χ0) is 10.6. The van der Waals surface area contributed by atoms with Crippen molar-refractivity contribution >= 4 is 0 Å². The highest BCUT2D eigenvalue weighted by Crippen LogP contribution is 2.21. The number of alkyl halides is 6. The summed E-state index contributed by atoms with van der Waals surface area (Å²) >= 11 is 0. The minimum Gasteiger partial charge on any atom is -0.349 e. The fourth-order valence-corrected chi connectivity index (χ4v) is 0.589. The van der Waals surface area contributed by atoms with Crippen LogP contribution in [0.1, 0.15) is 0 Å². The second-order valence-electron chi connectivity index (χ2n) is 2.25. The molecule has 0 amide bonds. The second-order valence-corrected chi connectivity index (χ2v) is 2.25. The average Bonchev–Trinajstić information content (AvgIpc) is 2.12. The Bertz CT molecular complexity index is 143. The lowest BCUT2D eigenvalue weighted by Crippen LogP contribution is -2.39. The Labute approximate surface area is 70.7 Å². The maximum atomic E-state index is 12.4. The molecule has 7 heteroatoms. The van der Waals surface area contributed by atoms with E-state index in [9.17, 15) is 26.3 Å². The van der Waals surface area contributed by atoms with Crippen LogP contribution in [-0.4, -0.2) is 38.4 Å². The van der Waals surface area contributed by atoms with Crippen molar-refractivity contribution in [2.75, 3.05) is 7.11 Å². The number of hydrogen-bond acceptors (Lipinski definition) is 1. The first-order chi connectivity index (χ1) is 5.91. The first-order valence-corrected chi connectivity index (χ1v) is 3.29. The molecule has 0 heterocycles. The normalized spacial score (nSPS) is 21.2. The van der Waals surface area contributed by atoms with Crippen LogP contribution in [0, 0.1) is 0 Å². The molecular formula is C6H8F6O.